The first-order valence-electron chi connectivity index (χ1n) is 4.86. The van der Waals surface area contributed by atoms with E-state index in [0.717, 1.165) is 16.1 Å². The number of hydrogen-bond acceptors (Lipinski definition) is 3. The Morgan fingerprint density at radius 3 is 3.13 bits per heavy atom. The molecular weight excluding hydrogens is 210 g/mol. The number of fused-ring (bicyclic) bond motifs is 1. The average molecular weight is 223 g/mol. The van der Waals surface area contributed by atoms with Crippen LogP contribution in [-0.2, 0) is 4.74 Å². The minimum Gasteiger partial charge on any atom is -0.449 e. The summed E-state index contributed by atoms with van der Waals surface area (Å²) < 4.78 is 4.99. The first-order chi connectivity index (χ1) is 7.13. The minimum atomic E-state index is -0.278. The Morgan fingerprint density at radius 1 is 1.73 bits per heavy atom. The molecule has 0 N–H and O–H groups in total. The fraction of sp³-hybridized carbons (Fsp3) is 0.364. The van der Waals surface area contributed by atoms with Crippen molar-refractivity contribution >= 4 is 28.0 Å². The molecule has 0 radical (unpaired) electrons. The third-order valence-corrected chi connectivity index (χ3v) is 3.37. The van der Waals surface area contributed by atoms with Gasteiger partial charge in [0.1, 0.15) is 5.00 Å². The zero-order valence-electron chi connectivity index (χ0n) is 8.87. The van der Waals surface area contributed by atoms with Crippen LogP contribution in [0.2, 0.25) is 0 Å². The molecule has 4 heteroatoms. The summed E-state index contributed by atoms with van der Waals surface area (Å²) >= 11 is 1.61. The smallest absolute Gasteiger partial charge is 0.415 e. The van der Waals surface area contributed by atoms with E-state index in [0.29, 0.717) is 13.2 Å². The van der Waals surface area contributed by atoms with Crippen LogP contribution in [0, 0.1) is 6.92 Å². The van der Waals surface area contributed by atoms with Crippen molar-refractivity contribution in [2.24, 2.45) is 0 Å². The molecule has 15 heavy (non-hydrogen) atoms. The van der Waals surface area contributed by atoms with Crippen LogP contribution in [0.1, 0.15) is 17.4 Å². The molecule has 0 unspecified atom stereocenters. The lowest BCUT2D eigenvalue weighted by molar-refractivity contribution is 0.161. The quantitative estimate of drug-likeness (QED) is 0.732. The molecule has 0 fully saturated rings. The Kier molecular flexibility index (Phi) is 2.52. The predicted molar refractivity (Wildman–Crippen MR) is 62.5 cm³/mol. The summed E-state index contributed by atoms with van der Waals surface area (Å²) in [6.45, 7) is 8.76. The number of thiophene rings is 1. The van der Waals surface area contributed by atoms with E-state index in [1.807, 2.05) is 13.8 Å². The van der Waals surface area contributed by atoms with Crippen molar-refractivity contribution in [3.05, 3.63) is 23.1 Å². The summed E-state index contributed by atoms with van der Waals surface area (Å²) in [5.41, 5.74) is 2.08. The van der Waals surface area contributed by atoms with Crippen molar-refractivity contribution in [3.8, 4) is 0 Å². The molecule has 0 saturated heterocycles. The van der Waals surface area contributed by atoms with Crippen molar-refractivity contribution in [1.82, 2.24) is 0 Å². The van der Waals surface area contributed by atoms with Gasteiger partial charge in [-0.25, -0.2) is 4.79 Å². The summed E-state index contributed by atoms with van der Waals surface area (Å²) in [7, 11) is 0. The van der Waals surface area contributed by atoms with Crippen LogP contribution in [0.4, 0.5) is 9.80 Å². The standard InChI is InChI=1S/C11H13NO2S/c1-4-14-11(13)12-6-7(2)9-5-8(3)15-10(9)12/h5H,2,4,6H2,1,3H3. The van der Waals surface area contributed by atoms with Crippen LogP contribution in [0.5, 0.6) is 0 Å². The first-order valence-corrected chi connectivity index (χ1v) is 5.68. The Balaban J connectivity index is 2.31. The maximum absolute atomic E-state index is 11.6. The number of amides is 1. The zero-order chi connectivity index (χ0) is 11.0. The largest absolute Gasteiger partial charge is 0.449 e. The van der Waals surface area contributed by atoms with Crippen molar-refractivity contribution in [3.63, 3.8) is 0 Å². The minimum absolute atomic E-state index is 0.278. The zero-order valence-corrected chi connectivity index (χ0v) is 9.69. The van der Waals surface area contributed by atoms with E-state index in [1.54, 1.807) is 16.2 Å². The maximum atomic E-state index is 11.6. The van der Waals surface area contributed by atoms with E-state index in [1.165, 1.54) is 4.88 Å². The second-order valence-electron chi connectivity index (χ2n) is 3.46. The van der Waals surface area contributed by atoms with Crippen molar-refractivity contribution in [1.29, 1.82) is 0 Å². The van der Waals surface area contributed by atoms with Crippen molar-refractivity contribution in [2.75, 3.05) is 18.1 Å². The molecule has 0 aromatic carbocycles. The van der Waals surface area contributed by atoms with Gasteiger partial charge >= 0.3 is 6.09 Å². The molecule has 0 atom stereocenters. The van der Waals surface area contributed by atoms with Crippen molar-refractivity contribution in [2.45, 2.75) is 13.8 Å². The molecule has 0 aliphatic carbocycles. The second-order valence-corrected chi connectivity index (χ2v) is 4.70. The van der Waals surface area contributed by atoms with E-state index in [-0.39, 0.29) is 6.09 Å². The summed E-state index contributed by atoms with van der Waals surface area (Å²) in [4.78, 5) is 14.5. The highest BCUT2D eigenvalue weighted by molar-refractivity contribution is 7.16. The van der Waals surface area contributed by atoms with Crippen molar-refractivity contribution < 1.29 is 9.53 Å². The summed E-state index contributed by atoms with van der Waals surface area (Å²) in [6.07, 6.45) is -0.278. The van der Waals surface area contributed by atoms with Gasteiger partial charge in [-0.1, -0.05) is 6.58 Å². The molecule has 80 valence electrons. The fourth-order valence-corrected chi connectivity index (χ4v) is 2.70. The van der Waals surface area contributed by atoms with E-state index < -0.39 is 0 Å². The van der Waals surface area contributed by atoms with E-state index in [9.17, 15) is 4.79 Å². The van der Waals surface area contributed by atoms with Crippen LogP contribution in [0.15, 0.2) is 12.6 Å². The van der Waals surface area contributed by atoms with Gasteiger partial charge in [0.2, 0.25) is 0 Å². The van der Waals surface area contributed by atoms with Crippen LogP contribution in [-0.4, -0.2) is 19.2 Å². The molecule has 3 nitrogen and oxygen atoms in total. The third kappa shape index (κ3) is 1.65. The molecule has 1 aliphatic heterocycles. The van der Waals surface area contributed by atoms with E-state index >= 15 is 0 Å². The predicted octanol–water partition coefficient (Wildman–Crippen LogP) is 3.05. The van der Waals surface area contributed by atoms with Crippen LogP contribution < -0.4 is 4.90 Å². The number of ether oxygens (including phenoxy) is 1. The molecule has 0 saturated carbocycles. The molecule has 0 spiro atoms. The molecular formula is C11H13NO2S. The molecule has 1 aromatic heterocycles. The SMILES string of the molecule is C=C1CN(C(=O)OCC)c2sc(C)cc21. The number of hydrogen-bond donors (Lipinski definition) is 0. The van der Waals surface area contributed by atoms with Gasteiger partial charge < -0.3 is 4.74 Å². The lowest BCUT2D eigenvalue weighted by Gasteiger charge is -2.14. The fourth-order valence-electron chi connectivity index (χ4n) is 1.65. The number of anilines is 1. The van der Waals surface area contributed by atoms with Gasteiger partial charge in [0.25, 0.3) is 0 Å². The van der Waals surface area contributed by atoms with Gasteiger partial charge in [0, 0.05) is 10.4 Å². The van der Waals surface area contributed by atoms with Crippen LogP contribution in [0.3, 0.4) is 0 Å². The molecule has 1 aliphatic rings. The Labute approximate surface area is 93.0 Å². The highest BCUT2D eigenvalue weighted by Crippen LogP contribution is 2.41. The number of rotatable bonds is 1. The topological polar surface area (TPSA) is 29.5 Å². The molecule has 0 bridgehead atoms. The Hall–Kier alpha value is -1.29. The summed E-state index contributed by atoms with van der Waals surface area (Å²) in [6, 6.07) is 2.07. The van der Waals surface area contributed by atoms with Crippen LogP contribution in [0.25, 0.3) is 5.57 Å². The molecule has 1 amide bonds. The highest BCUT2D eigenvalue weighted by Gasteiger charge is 2.30. The van der Waals surface area contributed by atoms with Gasteiger partial charge in [-0.05, 0) is 25.5 Å². The first kappa shape index (κ1) is 10.2. The number of aryl methyl sites for hydroxylation is 1. The lowest BCUT2D eigenvalue weighted by atomic mass is 10.2. The van der Waals surface area contributed by atoms with E-state index in [4.69, 9.17) is 4.74 Å². The number of carbonyl (C=O) groups excluding carboxylic acids is 1. The number of carbonyl (C=O) groups is 1. The molecule has 2 heterocycles. The monoisotopic (exact) mass is 223 g/mol. The summed E-state index contributed by atoms with van der Waals surface area (Å²) in [5, 5.41) is 0.968. The normalized spacial score (nSPS) is 14.3. The number of nitrogens with zero attached hydrogens (tertiary/aromatic N) is 1. The third-order valence-electron chi connectivity index (χ3n) is 2.30. The van der Waals surface area contributed by atoms with Gasteiger partial charge in [-0.15, -0.1) is 11.3 Å². The molecule has 1 aromatic rings. The van der Waals surface area contributed by atoms with Gasteiger partial charge in [-0.2, -0.15) is 0 Å². The highest BCUT2D eigenvalue weighted by atomic mass is 32.1. The van der Waals surface area contributed by atoms with Crippen LogP contribution >= 0.6 is 11.3 Å². The van der Waals surface area contributed by atoms with Gasteiger partial charge in [-0.3, -0.25) is 4.90 Å². The maximum Gasteiger partial charge on any atom is 0.415 e. The van der Waals surface area contributed by atoms with Gasteiger partial charge in [0.15, 0.2) is 0 Å². The van der Waals surface area contributed by atoms with E-state index in [2.05, 4.69) is 12.6 Å². The lowest BCUT2D eigenvalue weighted by Crippen LogP contribution is -2.28. The average Bonchev–Trinajstić information content (AvgIpc) is 2.67. The molecule has 2 rings (SSSR count). The Bertz CT molecular complexity index is 422. The van der Waals surface area contributed by atoms with Gasteiger partial charge in [0.05, 0.1) is 13.2 Å². The second kappa shape index (κ2) is 3.70. The summed E-state index contributed by atoms with van der Waals surface area (Å²) in [5.74, 6) is 0. The Morgan fingerprint density at radius 2 is 2.47 bits per heavy atom.